The summed E-state index contributed by atoms with van der Waals surface area (Å²) in [5, 5.41) is 0. The summed E-state index contributed by atoms with van der Waals surface area (Å²) in [7, 11) is 3.34. The van der Waals surface area contributed by atoms with Gasteiger partial charge in [0.25, 0.3) is 5.91 Å². The van der Waals surface area contributed by atoms with E-state index in [1.54, 1.807) is 31.2 Å². The summed E-state index contributed by atoms with van der Waals surface area (Å²) < 4.78 is 16.7. The number of rotatable bonds is 6. The summed E-state index contributed by atoms with van der Waals surface area (Å²) in [4.78, 5) is 14.4. The molecule has 1 amide bonds. The lowest BCUT2D eigenvalue weighted by Gasteiger charge is -2.19. The van der Waals surface area contributed by atoms with Gasteiger partial charge < -0.3 is 18.8 Å². The van der Waals surface area contributed by atoms with Crippen LogP contribution in [0.25, 0.3) is 0 Å². The maximum atomic E-state index is 12.8. The lowest BCUT2D eigenvalue weighted by atomic mass is 10.1. The number of anilines is 1. The van der Waals surface area contributed by atoms with Gasteiger partial charge in [0.2, 0.25) is 0 Å². The molecule has 2 aromatic carbocycles. The standard InChI is InChI=1S/C22H23NO4/c1-15-8-7-9-18(16(15)2)23(3)22(24)21-13-12-17(27-21)14-26-20-11-6-5-10-19(20)25-4/h5-13H,14H2,1-4H3. The van der Waals surface area contributed by atoms with Gasteiger partial charge >= 0.3 is 0 Å². The number of benzene rings is 2. The van der Waals surface area contributed by atoms with Crippen LogP contribution in [-0.2, 0) is 6.61 Å². The summed E-state index contributed by atoms with van der Waals surface area (Å²) >= 11 is 0. The predicted molar refractivity (Wildman–Crippen MR) is 105 cm³/mol. The highest BCUT2D eigenvalue weighted by molar-refractivity contribution is 6.04. The van der Waals surface area contributed by atoms with Crippen LogP contribution in [0.1, 0.15) is 27.4 Å². The van der Waals surface area contributed by atoms with Crippen molar-refractivity contribution in [3.8, 4) is 11.5 Å². The fraction of sp³-hybridized carbons (Fsp3) is 0.227. The number of carbonyl (C=O) groups excluding carboxylic acids is 1. The highest BCUT2D eigenvalue weighted by atomic mass is 16.5. The van der Waals surface area contributed by atoms with E-state index < -0.39 is 0 Å². The second-order valence-electron chi connectivity index (χ2n) is 6.29. The van der Waals surface area contributed by atoms with Crippen molar-refractivity contribution in [2.45, 2.75) is 20.5 Å². The Morgan fingerprint density at radius 1 is 1.00 bits per heavy atom. The van der Waals surface area contributed by atoms with Crippen LogP contribution in [0.5, 0.6) is 11.5 Å². The Morgan fingerprint density at radius 2 is 1.74 bits per heavy atom. The number of hydrogen-bond acceptors (Lipinski definition) is 4. The molecule has 0 spiro atoms. The Labute approximate surface area is 159 Å². The van der Waals surface area contributed by atoms with Crippen molar-refractivity contribution in [2.75, 3.05) is 19.1 Å². The predicted octanol–water partition coefficient (Wildman–Crippen LogP) is 4.76. The summed E-state index contributed by atoms with van der Waals surface area (Å²) in [6.45, 7) is 4.24. The van der Waals surface area contributed by atoms with Crippen LogP contribution in [0.2, 0.25) is 0 Å². The van der Waals surface area contributed by atoms with Crippen molar-refractivity contribution in [1.82, 2.24) is 0 Å². The first-order chi connectivity index (χ1) is 13.0. The molecule has 5 nitrogen and oxygen atoms in total. The van der Waals surface area contributed by atoms with E-state index in [-0.39, 0.29) is 18.3 Å². The van der Waals surface area contributed by atoms with Gasteiger partial charge in [-0.2, -0.15) is 0 Å². The van der Waals surface area contributed by atoms with Gasteiger partial charge in [0, 0.05) is 12.7 Å². The van der Waals surface area contributed by atoms with E-state index >= 15 is 0 Å². The molecular weight excluding hydrogens is 342 g/mol. The van der Waals surface area contributed by atoms with Gasteiger partial charge in [-0.25, -0.2) is 0 Å². The third-order valence-corrected chi connectivity index (χ3v) is 4.55. The molecule has 0 bridgehead atoms. The average Bonchev–Trinajstić information content (AvgIpc) is 3.16. The maximum Gasteiger partial charge on any atom is 0.293 e. The van der Waals surface area contributed by atoms with E-state index in [0.29, 0.717) is 17.3 Å². The lowest BCUT2D eigenvalue weighted by molar-refractivity contribution is 0.0962. The van der Waals surface area contributed by atoms with Crippen molar-refractivity contribution in [1.29, 1.82) is 0 Å². The number of para-hydroxylation sites is 2. The molecule has 0 fully saturated rings. The second kappa shape index (κ2) is 7.99. The van der Waals surface area contributed by atoms with Gasteiger partial charge in [-0.05, 0) is 55.3 Å². The first-order valence-corrected chi connectivity index (χ1v) is 8.70. The van der Waals surface area contributed by atoms with E-state index in [2.05, 4.69) is 0 Å². The van der Waals surface area contributed by atoms with Gasteiger partial charge in [-0.15, -0.1) is 0 Å². The molecule has 3 rings (SSSR count). The number of amides is 1. The SMILES string of the molecule is COc1ccccc1OCc1ccc(C(=O)N(C)c2cccc(C)c2C)o1. The average molecular weight is 365 g/mol. The zero-order valence-corrected chi connectivity index (χ0v) is 16.0. The molecule has 140 valence electrons. The lowest BCUT2D eigenvalue weighted by Crippen LogP contribution is -2.26. The Morgan fingerprint density at radius 3 is 2.48 bits per heavy atom. The van der Waals surface area contributed by atoms with Crippen LogP contribution in [0.15, 0.2) is 59.0 Å². The van der Waals surface area contributed by atoms with Crippen molar-refractivity contribution in [3.05, 3.63) is 77.2 Å². The van der Waals surface area contributed by atoms with Crippen LogP contribution >= 0.6 is 0 Å². The first kappa shape index (κ1) is 18.6. The number of nitrogens with zero attached hydrogens (tertiary/aromatic N) is 1. The van der Waals surface area contributed by atoms with E-state index in [9.17, 15) is 4.79 Å². The number of carbonyl (C=O) groups is 1. The minimum atomic E-state index is -0.202. The van der Waals surface area contributed by atoms with Gasteiger partial charge in [-0.3, -0.25) is 4.79 Å². The van der Waals surface area contributed by atoms with Crippen molar-refractivity contribution >= 4 is 11.6 Å². The highest BCUT2D eigenvalue weighted by Crippen LogP contribution is 2.27. The van der Waals surface area contributed by atoms with Crippen LogP contribution in [0.4, 0.5) is 5.69 Å². The molecule has 27 heavy (non-hydrogen) atoms. The molecule has 5 heteroatoms. The Hall–Kier alpha value is -3.21. The Kier molecular flexibility index (Phi) is 5.50. The third-order valence-electron chi connectivity index (χ3n) is 4.55. The summed E-state index contributed by atoms with van der Waals surface area (Å²) in [5.41, 5.74) is 3.07. The molecular formula is C22H23NO4. The number of methoxy groups -OCH3 is 1. The quantitative estimate of drug-likeness (QED) is 0.632. The molecule has 0 saturated heterocycles. The van der Waals surface area contributed by atoms with Crippen molar-refractivity contribution < 1.29 is 18.7 Å². The first-order valence-electron chi connectivity index (χ1n) is 8.70. The van der Waals surface area contributed by atoms with E-state index in [1.807, 2.05) is 56.3 Å². The van der Waals surface area contributed by atoms with Crippen LogP contribution < -0.4 is 14.4 Å². The molecule has 3 aromatic rings. The zero-order valence-electron chi connectivity index (χ0n) is 16.0. The number of furan rings is 1. The number of hydrogen-bond donors (Lipinski definition) is 0. The fourth-order valence-electron chi connectivity index (χ4n) is 2.83. The van der Waals surface area contributed by atoms with E-state index in [1.165, 1.54) is 0 Å². The van der Waals surface area contributed by atoms with Gasteiger partial charge in [-0.1, -0.05) is 24.3 Å². The van der Waals surface area contributed by atoms with Gasteiger partial charge in [0.15, 0.2) is 17.3 Å². The van der Waals surface area contributed by atoms with Gasteiger partial charge in [0.05, 0.1) is 7.11 Å². The minimum Gasteiger partial charge on any atom is -0.493 e. The van der Waals surface area contributed by atoms with Crippen LogP contribution in [0, 0.1) is 13.8 Å². The molecule has 1 heterocycles. The molecule has 0 aliphatic carbocycles. The number of aryl methyl sites for hydroxylation is 1. The van der Waals surface area contributed by atoms with Crippen molar-refractivity contribution in [2.24, 2.45) is 0 Å². The maximum absolute atomic E-state index is 12.8. The molecule has 1 aromatic heterocycles. The summed E-state index contributed by atoms with van der Waals surface area (Å²) in [6.07, 6.45) is 0. The molecule has 0 saturated carbocycles. The highest BCUT2D eigenvalue weighted by Gasteiger charge is 2.19. The topological polar surface area (TPSA) is 51.9 Å². The van der Waals surface area contributed by atoms with E-state index in [4.69, 9.17) is 13.9 Å². The minimum absolute atomic E-state index is 0.202. The van der Waals surface area contributed by atoms with Gasteiger partial charge in [0.1, 0.15) is 12.4 Å². The monoisotopic (exact) mass is 365 g/mol. The largest absolute Gasteiger partial charge is 0.493 e. The van der Waals surface area contributed by atoms with Crippen LogP contribution in [-0.4, -0.2) is 20.1 Å². The molecule has 0 atom stereocenters. The normalized spacial score (nSPS) is 10.5. The van der Waals surface area contributed by atoms with E-state index in [0.717, 1.165) is 16.8 Å². The molecule has 0 radical (unpaired) electrons. The third kappa shape index (κ3) is 3.97. The van der Waals surface area contributed by atoms with Crippen molar-refractivity contribution in [3.63, 3.8) is 0 Å². The summed E-state index contributed by atoms with van der Waals surface area (Å²) in [6, 6.07) is 16.7. The smallest absolute Gasteiger partial charge is 0.293 e. The Bertz CT molecular complexity index is 945. The molecule has 0 aliphatic heterocycles. The van der Waals surface area contributed by atoms with Crippen LogP contribution in [0.3, 0.4) is 0 Å². The summed E-state index contributed by atoms with van der Waals surface area (Å²) in [5.74, 6) is 1.91. The molecule has 0 unspecified atom stereocenters. The Balaban J connectivity index is 1.71. The number of ether oxygens (including phenoxy) is 2. The molecule has 0 aliphatic rings. The molecule has 0 N–H and O–H groups in total. The second-order valence-corrected chi connectivity index (χ2v) is 6.29. The fourth-order valence-corrected chi connectivity index (χ4v) is 2.83. The zero-order chi connectivity index (χ0) is 19.4.